The van der Waals surface area contributed by atoms with Crippen LogP contribution in [0.1, 0.15) is 19.0 Å². The van der Waals surface area contributed by atoms with Gasteiger partial charge in [0.25, 0.3) is 0 Å². The molecule has 0 aliphatic heterocycles. The summed E-state index contributed by atoms with van der Waals surface area (Å²) >= 11 is 0. The van der Waals surface area contributed by atoms with Gasteiger partial charge in [0, 0.05) is 6.04 Å². The molecule has 0 fully saturated rings. The Morgan fingerprint density at radius 3 is 3.07 bits per heavy atom. The van der Waals surface area contributed by atoms with E-state index in [9.17, 15) is 4.79 Å². The summed E-state index contributed by atoms with van der Waals surface area (Å²) in [6.07, 6.45) is 0.0124. The first-order valence-corrected chi connectivity index (χ1v) is 4.47. The van der Waals surface area contributed by atoms with Crippen LogP contribution in [0.15, 0.2) is 18.2 Å². The number of carboxylic acid groups (broad SMARTS) is 1. The minimum atomic E-state index is -0.869. The van der Waals surface area contributed by atoms with Crippen LogP contribution in [0.5, 0.6) is 0 Å². The van der Waals surface area contributed by atoms with Crippen molar-refractivity contribution in [3.8, 4) is 6.07 Å². The molecule has 0 radical (unpaired) electrons. The van der Waals surface area contributed by atoms with Crippen LogP contribution in [0, 0.1) is 11.3 Å². The normalized spacial score (nSPS) is 11.5. The van der Waals surface area contributed by atoms with Gasteiger partial charge in [0.05, 0.1) is 6.42 Å². The highest BCUT2D eigenvalue weighted by molar-refractivity contribution is 5.68. The summed E-state index contributed by atoms with van der Waals surface area (Å²) in [6.45, 7) is 1.74. The third-order valence-electron chi connectivity index (χ3n) is 1.74. The molecule has 1 aromatic rings. The summed E-state index contributed by atoms with van der Waals surface area (Å²) in [4.78, 5) is 14.4. The van der Waals surface area contributed by atoms with E-state index < -0.39 is 5.97 Å². The highest BCUT2D eigenvalue weighted by Crippen LogP contribution is 2.07. The minimum absolute atomic E-state index is 0.0124. The third kappa shape index (κ3) is 3.65. The molecule has 0 aromatic carbocycles. The Hall–Kier alpha value is -2.09. The van der Waals surface area contributed by atoms with E-state index >= 15 is 0 Å². The monoisotopic (exact) mass is 205 g/mol. The Morgan fingerprint density at radius 2 is 2.47 bits per heavy atom. The van der Waals surface area contributed by atoms with Crippen molar-refractivity contribution in [3.05, 3.63) is 23.9 Å². The first-order chi connectivity index (χ1) is 7.11. The molecule has 5 nitrogen and oxygen atoms in total. The standard InChI is InChI=1S/C10H11N3O2/c1-7(5-10(14)15)12-9-4-2-3-8(6-11)13-9/h2-4,7H,5H2,1H3,(H,12,13)(H,14,15). The summed E-state index contributed by atoms with van der Waals surface area (Å²) in [7, 11) is 0. The molecule has 1 heterocycles. The fourth-order valence-electron chi connectivity index (χ4n) is 1.14. The van der Waals surface area contributed by atoms with Gasteiger partial charge in [-0.3, -0.25) is 4.79 Å². The van der Waals surface area contributed by atoms with E-state index in [4.69, 9.17) is 10.4 Å². The molecule has 0 amide bonds. The molecule has 0 aliphatic rings. The van der Waals surface area contributed by atoms with E-state index in [0.717, 1.165) is 0 Å². The Morgan fingerprint density at radius 1 is 1.73 bits per heavy atom. The Kier molecular flexibility index (Phi) is 3.63. The number of pyridine rings is 1. The second kappa shape index (κ2) is 4.96. The first-order valence-electron chi connectivity index (χ1n) is 4.47. The number of rotatable bonds is 4. The van der Waals surface area contributed by atoms with Crippen molar-refractivity contribution in [2.24, 2.45) is 0 Å². The van der Waals surface area contributed by atoms with Crippen molar-refractivity contribution >= 4 is 11.8 Å². The summed E-state index contributed by atoms with van der Waals surface area (Å²) < 4.78 is 0. The highest BCUT2D eigenvalue weighted by Gasteiger charge is 2.07. The number of anilines is 1. The molecule has 15 heavy (non-hydrogen) atoms. The number of nitrogens with zero attached hydrogens (tertiary/aromatic N) is 2. The number of hydrogen-bond acceptors (Lipinski definition) is 4. The quantitative estimate of drug-likeness (QED) is 0.772. The van der Waals surface area contributed by atoms with Gasteiger partial charge in [-0.25, -0.2) is 4.98 Å². The molecule has 0 spiro atoms. The average molecular weight is 205 g/mol. The van der Waals surface area contributed by atoms with Gasteiger partial charge in [0.15, 0.2) is 0 Å². The molecular weight excluding hydrogens is 194 g/mol. The zero-order chi connectivity index (χ0) is 11.3. The molecule has 0 saturated heterocycles. The van der Waals surface area contributed by atoms with Crippen LogP contribution in [0.4, 0.5) is 5.82 Å². The molecule has 2 N–H and O–H groups in total. The van der Waals surface area contributed by atoms with Gasteiger partial charge in [-0.05, 0) is 19.1 Å². The second-order valence-corrected chi connectivity index (χ2v) is 3.16. The fraction of sp³-hybridized carbons (Fsp3) is 0.300. The lowest BCUT2D eigenvalue weighted by molar-refractivity contribution is -0.137. The maximum absolute atomic E-state index is 10.4. The average Bonchev–Trinajstić information content (AvgIpc) is 2.16. The summed E-state index contributed by atoms with van der Waals surface area (Å²) in [5, 5.41) is 20.1. The van der Waals surface area contributed by atoms with Crippen LogP contribution in [0.25, 0.3) is 0 Å². The van der Waals surface area contributed by atoms with Crippen molar-refractivity contribution in [1.29, 1.82) is 5.26 Å². The first kappa shape index (κ1) is 11.0. The third-order valence-corrected chi connectivity index (χ3v) is 1.74. The maximum atomic E-state index is 10.4. The van der Waals surface area contributed by atoms with Crippen LogP contribution in [0.3, 0.4) is 0 Å². The van der Waals surface area contributed by atoms with Crippen molar-refractivity contribution in [2.75, 3.05) is 5.32 Å². The van der Waals surface area contributed by atoms with Crippen molar-refractivity contribution < 1.29 is 9.90 Å². The molecule has 0 bridgehead atoms. The molecular formula is C10H11N3O2. The van der Waals surface area contributed by atoms with E-state index in [2.05, 4.69) is 10.3 Å². The van der Waals surface area contributed by atoms with Gasteiger partial charge in [0.2, 0.25) is 0 Å². The summed E-state index contributed by atoms with van der Waals surface area (Å²) in [5.74, 6) is -0.353. The van der Waals surface area contributed by atoms with Gasteiger partial charge in [0.1, 0.15) is 17.6 Å². The van der Waals surface area contributed by atoms with Crippen LogP contribution in [0.2, 0.25) is 0 Å². The van der Waals surface area contributed by atoms with E-state index in [0.29, 0.717) is 11.5 Å². The molecule has 1 aromatic heterocycles. The van der Waals surface area contributed by atoms with Crippen molar-refractivity contribution in [1.82, 2.24) is 4.98 Å². The molecule has 1 unspecified atom stereocenters. The number of carbonyl (C=O) groups is 1. The van der Waals surface area contributed by atoms with Gasteiger partial charge >= 0.3 is 5.97 Å². The zero-order valence-corrected chi connectivity index (χ0v) is 8.27. The van der Waals surface area contributed by atoms with E-state index in [-0.39, 0.29) is 12.5 Å². The molecule has 78 valence electrons. The number of carboxylic acids is 1. The topological polar surface area (TPSA) is 86.0 Å². The van der Waals surface area contributed by atoms with E-state index in [1.165, 1.54) is 0 Å². The summed E-state index contributed by atoms with van der Waals surface area (Å²) in [6, 6.07) is 6.68. The van der Waals surface area contributed by atoms with Crippen LogP contribution in [-0.2, 0) is 4.79 Å². The maximum Gasteiger partial charge on any atom is 0.305 e. The molecule has 5 heteroatoms. The van der Waals surface area contributed by atoms with Gasteiger partial charge in [-0.15, -0.1) is 0 Å². The van der Waals surface area contributed by atoms with Crippen LogP contribution >= 0.6 is 0 Å². The number of nitriles is 1. The number of hydrogen-bond donors (Lipinski definition) is 2. The smallest absolute Gasteiger partial charge is 0.305 e. The molecule has 0 saturated carbocycles. The Balaban J connectivity index is 2.64. The molecule has 1 atom stereocenters. The van der Waals surface area contributed by atoms with Gasteiger partial charge < -0.3 is 10.4 Å². The highest BCUT2D eigenvalue weighted by atomic mass is 16.4. The lowest BCUT2D eigenvalue weighted by Gasteiger charge is -2.11. The van der Waals surface area contributed by atoms with E-state index in [1.54, 1.807) is 25.1 Å². The lowest BCUT2D eigenvalue weighted by atomic mass is 10.2. The SMILES string of the molecule is CC(CC(=O)O)Nc1cccc(C#N)n1. The Bertz CT molecular complexity index is 398. The predicted molar refractivity (Wildman–Crippen MR) is 54.3 cm³/mol. The van der Waals surface area contributed by atoms with E-state index in [1.807, 2.05) is 6.07 Å². The van der Waals surface area contributed by atoms with Gasteiger partial charge in [-0.2, -0.15) is 5.26 Å². The lowest BCUT2D eigenvalue weighted by Crippen LogP contribution is -2.19. The van der Waals surface area contributed by atoms with Crippen LogP contribution < -0.4 is 5.32 Å². The number of aliphatic carboxylic acids is 1. The minimum Gasteiger partial charge on any atom is -0.481 e. The van der Waals surface area contributed by atoms with Gasteiger partial charge in [-0.1, -0.05) is 6.07 Å². The fourth-order valence-corrected chi connectivity index (χ4v) is 1.14. The van der Waals surface area contributed by atoms with Crippen molar-refractivity contribution in [2.45, 2.75) is 19.4 Å². The number of nitrogens with one attached hydrogen (secondary N) is 1. The zero-order valence-electron chi connectivity index (χ0n) is 8.27. The predicted octanol–water partition coefficient (Wildman–Crippen LogP) is 1.23. The largest absolute Gasteiger partial charge is 0.481 e. The molecule has 1 rings (SSSR count). The van der Waals surface area contributed by atoms with Crippen LogP contribution in [-0.4, -0.2) is 22.1 Å². The second-order valence-electron chi connectivity index (χ2n) is 3.16. The summed E-state index contributed by atoms with van der Waals surface area (Å²) in [5.41, 5.74) is 0.308. The van der Waals surface area contributed by atoms with Crippen molar-refractivity contribution in [3.63, 3.8) is 0 Å². The number of aromatic nitrogens is 1. The molecule has 0 aliphatic carbocycles. The Labute approximate surface area is 87.4 Å².